The summed E-state index contributed by atoms with van der Waals surface area (Å²) in [6.45, 7) is 6.13. The molecule has 0 bridgehead atoms. The van der Waals surface area contributed by atoms with Crippen molar-refractivity contribution in [3.8, 4) is 0 Å². The van der Waals surface area contributed by atoms with Gasteiger partial charge >= 0.3 is 6.09 Å². The third kappa shape index (κ3) is 14.5. The van der Waals surface area contributed by atoms with Gasteiger partial charge in [0.1, 0.15) is 18.6 Å². The normalized spacial score (nSPS) is 15.2. The summed E-state index contributed by atoms with van der Waals surface area (Å²) in [7, 11) is 2.93. The van der Waals surface area contributed by atoms with Crippen molar-refractivity contribution in [2.45, 2.75) is 82.8 Å². The summed E-state index contributed by atoms with van der Waals surface area (Å²) >= 11 is 0. The van der Waals surface area contributed by atoms with Crippen LogP contribution >= 0.6 is 0 Å². The molecule has 0 fully saturated rings. The average Bonchev–Trinajstić information content (AvgIpc) is 3.09. The van der Waals surface area contributed by atoms with Crippen molar-refractivity contribution in [2.24, 2.45) is 0 Å². The van der Waals surface area contributed by atoms with Crippen LogP contribution in [-0.2, 0) is 20.9 Å². The zero-order valence-corrected chi connectivity index (χ0v) is 29.2. The smallest absolute Gasteiger partial charge is 0.407 e. The number of hydrogen-bond acceptors (Lipinski definition) is 11. The molecule has 0 saturated heterocycles. The highest BCUT2D eigenvalue weighted by Gasteiger charge is 2.34. The first-order chi connectivity index (χ1) is 23.4. The average molecular weight is 683 g/mol. The molecule has 3 aromatic rings. The van der Waals surface area contributed by atoms with Gasteiger partial charge in [-0.05, 0) is 43.9 Å². The molecule has 0 unspecified atom stereocenters. The number of nitrogens with zero attached hydrogens (tertiary/aromatic N) is 2. The highest BCUT2D eigenvalue weighted by Crippen LogP contribution is 2.28. The number of carbonyl (C=O) groups is 1. The Morgan fingerprint density at radius 2 is 1.41 bits per heavy atom. The molecule has 5 atom stereocenters. The van der Waals surface area contributed by atoms with E-state index in [1.165, 1.54) is 19.2 Å². The van der Waals surface area contributed by atoms with Crippen LogP contribution in [0.15, 0.2) is 91.0 Å². The van der Waals surface area contributed by atoms with Gasteiger partial charge in [0.05, 0.1) is 18.8 Å². The van der Waals surface area contributed by atoms with Gasteiger partial charge in [0, 0.05) is 45.6 Å². The van der Waals surface area contributed by atoms with Crippen LogP contribution in [0.2, 0.25) is 0 Å². The summed E-state index contributed by atoms with van der Waals surface area (Å²) in [6, 6.07) is 29.1. The summed E-state index contributed by atoms with van der Waals surface area (Å²) in [5, 5.41) is 50.7. The Labute approximate surface area is 290 Å². The lowest BCUT2D eigenvalue weighted by Gasteiger charge is -2.37. The summed E-state index contributed by atoms with van der Waals surface area (Å²) in [6.07, 6.45) is -6.76. The second-order valence-electron chi connectivity index (χ2n) is 12.9. The van der Waals surface area contributed by atoms with E-state index in [4.69, 9.17) is 14.3 Å². The number of amides is 1. The van der Waals surface area contributed by atoms with E-state index in [1.54, 1.807) is 4.90 Å². The summed E-state index contributed by atoms with van der Waals surface area (Å²) in [4.78, 5) is 20.0. The van der Waals surface area contributed by atoms with Gasteiger partial charge in [-0.1, -0.05) is 91.0 Å². The van der Waals surface area contributed by atoms with E-state index in [0.29, 0.717) is 0 Å². The third-order valence-corrected chi connectivity index (χ3v) is 7.96. The van der Waals surface area contributed by atoms with E-state index in [1.807, 2.05) is 112 Å². The van der Waals surface area contributed by atoms with Crippen molar-refractivity contribution < 1.29 is 39.5 Å². The number of rotatable bonds is 20. The van der Waals surface area contributed by atoms with Gasteiger partial charge in [-0.15, -0.1) is 0 Å². The molecule has 0 radical (unpaired) electrons. The first-order valence-corrected chi connectivity index (χ1v) is 16.6. The van der Waals surface area contributed by atoms with Crippen LogP contribution in [-0.4, -0.2) is 107 Å². The number of ether oxygens (including phenoxy) is 2. The third-order valence-electron chi connectivity index (χ3n) is 7.96. The van der Waals surface area contributed by atoms with E-state index in [2.05, 4.69) is 10.6 Å². The highest BCUT2D eigenvalue weighted by atomic mass is 16.7. The lowest BCUT2D eigenvalue weighted by molar-refractivity contribution is -0.218. The summed E-state index contributed by atoms with van der Waals surface area (Å²) < 4.78 is 11.3. The van der Waals surface area contributed by atoms with Crippen molar-refractivity contribution in [3.05, 3.63) is 108 Å². The number of aliphatic hydroxyl groups excluding tert-OH is 4. The van der Waals surface area contributed by atoms with Crippen LogP contribution < -0.4 is 10.6 Å². The molecular formula is C37H54N4O8. The minimum Gasteiger partial charge on any atom is -0.442 e. The molecule has 12 nitrogen and oxygen atoms in total. The Balaban J connectivity index is 1.87. The maximum Gasteiger partial charge on any atom is 0.407 e. The molecule has 12 heteroatoms. The first-order valence-electron chi connectivity index (χ1n) is 16.6. The van der Waals surface area contributed by atoms with E-state index < -0.39 is 42.8 Å². The number of alkyl carbamates (subject to hydrolysis) is 1. The van der Waals surface area contributed by atoms with Crippen LogP contribution in [0.4, 0.5) is 4.79 Å². The monoisotopic (exact) mass is 682 g/mol. The van der Waals surface area contributed by atoms with Crippen LogP contribution in [0.5, 0.6) is 0 Å². The van der Waals surface area contributed by atoms with Crippen molar-refractivity contribution in [3.63, 3.8) is 0 Å². The van der Waals surface area contributed by atoms with E-state index in [9.17, 15) is 25.2 Å². The summed E-state index contributed by atoms with van der Waals surface area (Å²) in [5.74, 6) is -0.201. The molecule has 0 aliphatic carbocycles. The molecule has 0 aromatic heterocycles. The Morgan fingerprint density at radius 3 is 1.94 bits per heavy atom. The molecule has 0 aliphatic rings. The number of aliphatic hydroxyl groups is 4. The van der Waals surface area contributed by atoms with Gasteiger partial charge in [0.25, 0.3) is 0 Å². The Morgan fingerprint density at radius 1 is 0.857 bits per heavy atom. The SMILES string of the molecule is CON(C)[C@@H](O)C[C@H](OC(=O)NCc1ccccc1)[C@H](O)N(CC[C@H](O)CN[C@@H](O)OC(C)(C)C)CC(c1ccccc1)c1ccccc1. The molecule has 0 heterocycles. The zero-order chi connectivity index (χ0) is 35.8. The molecule has 1 amide bonds. The number of carbonyl (C=O) groups excluding carboxylic acids is 1. The molecule has 49 heavy (non-hydrogen) atoms. The minimum atomic E-state index is -1.40. The fraction of sp³-hybridized carbons (Fsp3) is 0.486. The lowest BCUT2D eigenvalue weighted by atomic mass is 9.90. The molecule has 3 aromatic carbocycles. The molecule has 0 aliphatic heterocycles. The maximum atomic E-state index is 13.1. The van der Waals surface area contributed by atoms with E-state index >= 15 is 0 Å². The number of nitrogens with one attached hydrogen (secondary N) is 2. The number of hydroxylamine groups is 2. The van der Waals surface area contributed by atoms with Gasteiger partial charge in [0.2, 0.25) is 6.41 Å². The predicted molar refractivity (Wildman–Crippen MR) is 187 cm³/mol. The number of hydrogen-bond donors (Lipinski definition) is 6. The van der Waals surface area contributed by atoms with Gasteiger partial charge < -0.3 is 40.1 Å². The maximum absolute atomic E-state index is 13.1. The van der Waals surface area contributed by atoms with Crippen molar-refractivity contribution in [2.75, 3.05) is 33.8 Å². The second-order valence-corrected chi connectivity index (χ2v) is 12.9. The van der Waals surface area contributed by atoms with Gasteiger partial charge in [-0.25, -0.2) is 4.79 Å². The summed E-state index contributed by atoms with van der Waals surface area (Å²) in [5.41, 5.74) is 2.29. The lowest BCUT2D eigenvalue weighted by Crippen LogP contribution is -2.51. The Hall–Kier alpha value is -3.43. The fourth-order valence-corrected chi connectivity index (χ4v) is 5.26. The number of benzene rings is 3. The molecule has 270 valence electrons. The van der Waals surface area contributed by atoms with Crippen molar-refractivity contribution in [1.29, 1.82) is 0 Å². The van der Waals surface area contributed by atoms with E-state index in [-0.39, 0.29) is 44.9 Å². The fourth-order valence-electron chi connectivity index (χ4n) is 5.26. The molecular weight excluding hydrogens is 628 g/mol. The van der Waals surface area contributed by atoms with Crippen LogP contribution in [0.3, 0.4) is 0 Å². The molecule has 6 N–H and O–H groups in total. The first kappa shape index (κ1) is 40.0. The predicted octanol–water partition coefficient (Wildman–Crippen LogP) is 3.37. The highest BCUT2D eigenvalue weighted by molar-refractivity contribution is 5.67. The zero-order valence-electron chi connectivity index (χ0n) is 29.2. The van der Waals surface area contributed by atoms with Crippen LogP contribution in [0.25, 0.3) is 0 Å². The van der Waals surface area contributed by atoms with Crippen LogP contribution in [0.1, 0.15) is 56.2 Å². The van der Waals surface area contributed by atoms with Crippen molar-refractivity contribution in [1.82, 2.24) is 20.6 Å². The van der Waals surface area contributed by atoms with E-state index in [0.717, 1.165) is 16.7 Å². The molecule has 0 spiro atoms. The topological polar surface area (TPSA) is 156 Å². The van der Waals surface area contributed by atoms with Gasteiger partial charge in [-0.2, -0.15) is 5.06 Å². The minimum absolute atomic E-state index is 0.0289. The molecule has 0 saturated carbocycles. The standard InChI is InChI=1S/C37H54N4O8/c1-37(2,3)49-36(46)39-25-30(42)21-22-41(26-31(28-17-11-7-12-18-28)29-19-13-8-14-20-29)34(44)32(23-33(43)40(4)47-5)48-35(45)38-24-27-15-9-6-10-16-27/h6-20,30-34,36,39,42-44,46H,21-26H2,1-5H3,(H,38,45)/t30-,32-,33-,34-,36-/m0/s1. The van der Waals surface area contributed by atoms with Gasteiger partial charge in [-0.3, -0.25) is 10.2 Å². The Kier molecular flexibility index (Phi) is 16.6. The quantitative estimate of drug-likeness (QED) is 0.0768. The van der Waals surface area contributed by atoms with Gasteiger partial charge in [0.15, 0.2) is 0 Å². The Bertz CT molecular complexity index is 1290. The largest absolute Gasteiger partial charge is 0.442 e. The van der Waals surface area contributed by atoms with Crippen LogP contribution in [0, 0.1) is 0 Å². The molecule has 3 rings (SSSR count). The second kappa shape index (κ2) is 20.3. The van der Waals surface area contributed by atoms with Crippen molar-refractivity contribution >= 4 is 6.09 Å².